The first-order valence-electron chi connectivity index (χ1n) is 11.4. The van der Waals surface area contributed by atoms with Crippen LogP contribution in [0, 0.1) is 23.7 Å². The molecule has 3 fully saturated rings. The van der Waals surface area contributed by atoms with Gasteiger partial charge in [0.25, 0.3) is 0 Å². The number of ether oxygens (including phenoxy) is 1. The van der Waals surface area contributed by atoms with Crippen molar-refractivity contribution in [3.63, 3.8) is 0 Å². The summed E-state index contributed by atoms with van der Waals surface area (Å²) in [6.45, 7) is 3.68. The molecule has 0 saturated heterocycles. The Morgan fingerprint density at radius 1 is 1.31 bits per heavy atom. The van der Waals surface area contributed by atoms with Crippen molar-refractivity contribution in [1.82, 2.24) is 9.97 Å². The molecule has 3 aliphatic carbocycles. The lowest BCUT2D eigenvalue weighted by atomic mass is 9.76. The number of fused-ring (bicyclic) bond motifs is 5. The minimum atomic E-state index is -1.02. The highest BCUT2D eigenvalue weighted by Crippen LogP contribution is 2.46. The second kappa shape index (κ2) is 9.06. The number of aromatic nitrogens is 2. The number of oxazole rings is 1. The predicted molar refractivity (Wildman–Crippen MR) is 124 cm³/mol. The minimum Gasteiger partial charge on any atom is -0.482 e. The average Bonchev–Trinajstić information content (AvgIpc) is 3.38. The molecule has 0 spiro atoms. The third kappa shape index (κ3) is 4.44. The van der Waals surface area contributed by atoms with Gasteiger partial charge in [-0.15, -0.1) is 17.9 Å². The highest BCUT2D eigenvalue weighted by atomic mass is 32.1. The van der Waals surface area contributed by atoms with E-state index in [-0.39, 0.29) is 0 Å². The number of aryl methyl sites for hydroxylation is 1. The maximum atomic E-state index is 10.9. The van der Waals surface area contributed by atoms with E-state index in [1.54, 1.807) is 18.3 Å². The third-order valence-corrected chi connectivity index (χ3v) is 7.87. The van der Waals surface area contributed by atoms with Crippen molar-refractivity contribution in [3.8, 4) is 16.3 Å². The maximum absolute atomic E-state index is 10.9. The van der Waals surface area contributed by atoms with Crippen LogP contribution in [-0.2, 0) is 11.2 Å². The average molecular weight is 453 g/mol. The molecule has 3 aromatic rings. The molecule has 168 valence electrons. The fraction of sp³-hybridized carbons (Fsp3) is 0.480. The number of nitrogens with zero attached hydrogens (tertiary/aromatic N) is 2. The molecule has 2 aromatic heterocycles. The van der Waals surface area contributed by atoms with Gasteiger partial charge in [-0.05, 0) is 61.8 Å². The van der Waals surface area contributed by atoms with E-state index >= 15 is 0 Å². The second-order valence-electron chi connectivity index (χ2n) is 9.16. The summed E-state index contributed by atoms with van der Waals surface area (Å²) in [6.07, 6.45) is 12.4. The molecular formula is C25H28N2O4S. The smallest absolute Gasteiger partial charge is 0.341 e. The number of benzene rings is 1. The molecular weight excluding hydrogens is 424 g/mol. The molecule has 7 heteroatoms. The number of aliphatic carboxylic acids is 1. The molecule has 0 amide bonds. The monoisotopic (exact) mass is 452 g/mol. The Balaban J connectivity index is 1.36. The van der Waals surface area contributed by atoms with Crippen LogP contribution in [0.5, 0.6) is 5.75 Å². The van der Waals surface area contributed by atoms with Gasteiger partial charge in [-0.3, -0.25) is 0 Å². The lowest BCUT2D eigenvalue weighted by molar-refractivity contribution is -0.139. The van der Waals surface area contributed by atoms with Crippen LogP contribution in [-0.4, -0.2) is 27.7 Å². The van der Waals surface area contributed by atoms with Crippen molar-refractivity contribution in [1.29, 1.82) is 0 Å². The summed E-state index contributed by atoms with van der Waals surface area (Å²) in [4.78, 5) is 20.1. The topological polar surface area (TPSA) is 85.5 Å². The van der Waals surface area contributed by atoms with Crippen molar-refractivity contribution in [3.05, 3.63) is 42.3 Å². The molecule has 3 aliphatic rings. The van der Waals surface area contributed by atoms with E-state index in [1.807, 2.05) is 5.38 Å². The highest BCUT2D eigenvalue weighted by molar-refractivity contribution is 7.13. The zero-order valence-corrected chi connectivity index (χ0v) is 18.9. The van der Waals surface area contributed by atoms with Gasteiger partial charge in [0.05, 0.1) is 5.56 Å². The Bertz CT molecular complexity index is 1110. The number of rotatable bonds is 8. The minimum absolute atomic E-state index is 0.400. The first kappa shape index (κ1) is 21.2. The van der Waals surface area contributed by atoms with E-state index in [9.17, 15) is 4.79 Å². The van der Waals surface area contributed by atoms with Crippen LogP contribution in [0.2, 0.25) is 0 Å². The van der Waals surface area contributed by atoms with Crippen LogP contribution in [0.3, 0.4) is 0 Å². The van der Waals surface area contributed by atoms with E-state index in [1.165, 1.54) is 43.4 Å². The molecule has 0 aliphatic heterocycles. The molecule has 3 saturated carbocycles. The lowest BCUT2D eigenvalue weighted by Crippen LogP contribution is -2.19. The van der Waals surface area contributed by atoms with E-state index in [4.69, 9.17) is 19.2 Å². The van der Waals surface area contributed by atoms with Crippen molar-refractivity contribution in [2.24, 2.45) is 23.7 Å². The molecule has 32 heavy (non-hydrogen) atoms. The van der Waals surface area contributed by atoms with Gasteiger partial charge in [0, 0.05) is 24.1 Å². The van der Waals surface area contributed by atoms with Crippen LogP contribution < -0.4 is 4.74 Å². The van der Waals surface area contributed by atoms with Gasteiger partial charge in [0.2, 0.25) is 0 Å². The van der Waals surface area contributed by atoms with Gasteiger partial charge in [-0.25, -0.2) is 14.8 Å². The number of hydrogen-bond acceptors (Lipinski definition) is 6. The van der Waals surface area contributed by atoms with E-state index in [2.05, 4.69) is 17.6 Å². The molecule has 2 heterocycles. The molecule has 1 aromatic carbocycles. The molecule has 6 nitrogen and oxygen atoms in total. The fourth-order valence-corrected chi connectivity index (χ4v) is 6.27. The first-order valence-corrected chi connectivity index (χ1v) is 12.3. The lowest BCUT2D eigenvalue weighted by Gasteiger charge is -2.30. The Morgan fingerprint density at radius 3 is 3.00 bits per heavy atom. The van der Waals surface area contributed by atoms with Crippen LogP contribution in [0.4, 0.5) is 0 Å². The summed E-state index contributed by atoms with van der Waals surface area (Å²) in [5.41, 5.74) is 2.16. The molecule has 4 unspecified atom stereocenters. The van der Waals surface area contributed by atoms with Crippen LogP contribution in [0.1, 0.15) is 44.4 Å². The Morgan fingerprint density at radius 2 is 2.22 bits per heavy atom. The number of hydrogen-bond donors (Lipinski definition) is 1. The van der Waals surface area contributed by atoms with Gasteiger partial charge in [-0.1, -0.05) is 12.5 Å². The Labute approximate surface area is 191 Å². The van der Waals surface area contributed by atoms with Crippen molar-refractivity contribution >= 4 is 28.4 Å². The molecule has 4 atom stereocenters. The van der Waals surface area contributed by atoms with Crippen molar-refractivity contribution in [2.45, 2.75) is 44.9 Å². The summed E-state index contributed by atoms with van der Waals surface area (Å²) in [7, 11) is 0. The van der Waals surface area contributed by atoms with Crippen LogP contribution in [0.15, 0.2) is 40.8 Å². The summed E-state index contributed by atoms with van der Waals surface area (Å²) >= 11 is 1.50. The summed E-state index contributed by atoms with van der Waals surface area (Å²) in [6, 6.07) is 3.54. The third-order valence-electron chi connectivity index (χ3n) is 7.06. The first-order chi connectivity index (χ1) is 15.6. The predicted octanol–water partition coefficient (Wildman–Crippen LogP) is 5.98. The van der Waals surface area contributed by atoms with Gasteiger partial charge >= 0.3 is 5.97 Å². The molecule has 2 bridgehead atoms. The van der Waals surface area contributed by atoms with Crippen LogP contribution in [0.25, 0.3) is 21.7 Å². The van der Waals surface area contributed by atoms with Crippen molar-refractivity contribution < 1.29 is 19.1 Å². The zero-order valence-electron chi connectivity index (χ0n) is 18.0. The fourth-order valence-electron chi connectivity index (χ4n) is 5.62. The quantitative estimate of drug-likeness (QED) is 0.424. The Kier molecular flexibility index (Phi) is 6.00. The van der Waals surface area contributed by atoms with Gasteiger partial charge < -0.3 is 14.3 Å². The number of allylic oxidation sites excluding steroid dienone is 1. The molecule has 1 N–H and O–H groups in total. The molecule has 0 radical (unpaired) electrons. The SMILES string of the molecule is C=CC1CC2CCC1CC(CCc1nc3cc(OCC(=O)O)cc(-c4nccs4)c3o1)C2. The van der Waals surface area contributed by atoms with Gasteiger partial charge in [0.1, 0.15) is 16.3 Å². The zero-order chi connectivity index (χ0) is 22.1. The number of thiazole rings is 1. The van der Waals surface area contributed by atoms with E-state index in [0.29, 0.717) is 28.7 Å². The highest BCUT2D eigenvalue weighted by Gasteiger charge is 2.35. The summed E-state index contributed by atoms with van der Waals surface area (Å²) in [5, 5.41) is 11.7. The number of carboxylic acid groups (broad SMARTS) is 1. The summed E-state index contributed by atoms with van der Waals surface area (Å²) in [5.74, 6) is 3.18. The van der Waals surface area contributed by atoms with E-state index in [0.717, 1.165) is 41.1 Å². The van der Waals surface area contributed by atoms with Gasteiger partial charge in [-0.2, -0.15) is 0 Å². The Hall–Kier alpha value is -2.67. The second-order valence-corrected chi connectivity index (χ2v) is 10.1. The normalized spacial score (nSPS) is 25.0. The number of carbonyl (C=O) groups is 1. The largest absolute Gasteiger partial charge is 0.482 e. The van der Waals surface area contributed by atoms with E-state index < -0.39 is 12.6 Å². The standard InChI is InChI=1S/C25H28N2O4S/c1-2-17-10-15-3-5-18(17)11-16(9-15)4-6-22-27-21-13-19(30-14-23(28)29)12-20(24(21)31-22)25-26-7-8-32-25/h2,7-8,12-13,15-18H,1,3-6,9-11,14H2,(H,28,29). The van der Waals surface area contributed by atoms with Crippen LogP contribution >= 0.6 is 11.3 Å². The van der Waals surface area contributed by atoms with Gasteiger partial charge in [0.15, 0.2) is 18.1 Å². The summed E-state index contributed by atoms with van der Waals surface area (Å²) < 4.78 is 11.6. The van der Waals surface area contributed by atoms with Crippen molar-refractivity contribution in [2.75, 3.05) is 6.61 Å². The number of carboxylic acids is 1. The molecule has 6 rings (SSSR count). The maximum Gasteiger partial charge on any atom is 0.341 e.